The van der Waals surface area contributed by atoms with E-state index in [2.05, 4.69) is 22.3 Å². The van der Waals surface area contributed by atoms with Crippen LogP contribution in [0.5, 0.6) is 0 Å². The van der Waals surface area contributed by atoms with Gasteiger partial charge >= 0.3 is 6.09 Å². The molecule has 2 atom stereocenters. The Labute approximate surface area is 96.9 Å². The molecule has 0 aliphatic carbocycles. The minimum atomic E-state index is -0.387. The lowest BCUT2D eigenvalue weighted by molar-refractivity contribution is -0.109. The number of amides is 2. The molecule has 0 saturated heterocycles. The highest BCUT2D eigenvalue weighted by Crippen LogP contribution is 2.12. The van der Waals surface area contributed by atoms with Crippen LogP contribution in [0.4, 0.5) is 4.79 Å². The number of alkyl carbamates (subject to hydrolysis) is 1. The molecule has 0 radical (unpaired) electrons. The predicted octanol–water partition coefficient (Wildman–Crippen LogP) is 1.28. The summed E-state index contributed by atoms with van der Waals surface area (Å²) in [5.74, 6) is 0.514. The minimum Gasteiger partial charge on any atom is -0.453 e. The molecule has 0 aromatic carbocycles. The van der Waals surface area contributed by atoms with Crippen molar-refractivity contribution in [1.82, 2.24) is 10.6 Å². The highest BCUT2D eigenvalue weighted by molar-refractivity contribution is 5.67. The lowest BCUT2D eigenvalue weighted by Crippen LogP contribution is -2.33. The van der Waals surface area contributed by atoms with Gasteiger partial charge in [-0.2, -0.15) is 0 Å². The molecule has 0 heterocycles. The van der Waals surface area contributed by atoms with E-state index in [-0.39, 0.29) is 12.1 Å². The average molecular weight is 230 g/mol. The molecule has 0 aromatic heterocycles. The molecule has 0 aliphatic rings. The second-order valence-corrected chi connectivity index (χ2v) is 4.09. The molecule has 0 saturated carbocycles. The summed E-state index contributed by atoms with van der Waals surface area (Å²) in [5.41, 5.74) is 0. The van der Waals surface area contributed by atoms with Gasteiger partial charge in [-0.05, 0) is 32.1 Å². The molecule has 2 N–H and O–H groups in total. The highest BCUT2D eigenvalue weighted by Gasteiger charge is 2.11. The first-order valence-electron chi connectivity index (χ1n) is 5.61. The summed E-state index contributed by atoms with van der Waals surface area (Å²) in [6, 6.07) is 0.112. The van der Waals surface area contributed by atoms with E-state index in [9.17, 15) is 9.59 Å². The van der Waals surface area contributed by atoms with Crippen molar-refractivity contribution in [1.29, 1.82) is 0 Å². The standard InChI is InChI=1S/C11H22N2O3/c1-9(5-4-6-12-8-14)7-10(2)13-11(15)16-3/h8-10H,4-7H2,1-3H3,(H,12,14)(H,13,15)/t9-,10?/m1/s1. The number of ether oxygens (including phenoxy) is 1. The molecule has 0 aliphatic heterocycles. The fraction of sp³-hybridized carbons (Fsp3) is 0.818. The van der Waals surface area contributed by atoms with Crippen LogP contribution in [0.3, 0.4) is 0 Å². The predicted molar refractivity (Wildman–Crippen MR) is 62.1 cm³/mol. The fourth-order valence-corrected chi connectivity index (χ4v) is 1.65. The van der Waals surface area contributed by atoms with Crippen LogP contribution >= 0.6 is 0 Å². The molecule has 0 spiro atoms. The van der Waals surface area contributed by atoms with Gasteiger partial charge in [-0.15, -0.1) is 0 Å². The van der Waals surface area contributed by atoms with Gasteiger partial charge in [0.05, 0.1) is 7.11 Å². The van der Waals surface area contributed by atoms with Crippen molar-refractivity contribution >= 4 is 12.5 Å². The van der Waals surface area contributed by atoms with Crippen LogP contribution in [0.25, 0.3) is 0 Å². The van der Waals surface area contributed by atoms with Crippen LogP contribution in [-0.4, -0.2) is 32.2 Å². The van der Waals surface area contributed by atoms with E-state index in [0.29, 0.717) is 18.9 Å². The van der Waals surface area contributed by atoms with Gasteiger partial charge in [0.2, 0.25) is 6.41 Å². The van der Waals surface area contributed by atoms with Crippen molar-refractivity contribution in [3.8, 4) is 0 Å². The van der Waals surface area contributed by atoms with E-state index in [1.54, 1.807) is 0 Å². The normalized spacial score (nSPS) is 13.7. The van der Waals surface area contributed by atoms with Gasteiger partial charge in [0, 0.05) is 12.6 Å². The van der Waals surface area contributed by atoms with Gasteiger partial charge in [0.25, 0.3) is 0 Å². The maximum atomic E-state index is 10.9. The highest BCUT2D eigenvalue weighted by atomic mass is 16.5. The quantitative estimate of drug-likeness (QED) is 0.487. The summed E-state index contributed by atoms with van der Waals surface area (Å²) in [6.45, 7) is 4.81. The Morgan fingerprint density at radius 1 is 1.44 bits per heavy atom. The van der Waals surface area contributed by atoms with Gasteiger partial charge in [0.15, 0.2) is 0 Å². The van der Waals surface area contributed by atoms with Gasteiger partial charge < -0.3 is 15.4 Å². The summed E-state index contributed by atoms with van der Waals surface area (Å²) in [4.78, 5) is 20.9. The Morgan fingerprint density at radius 3 is 2.69 bits per heavy atom. The Kier molecular flexibility index (Phi) is 8.29. The van der Waals surface area contributed by atoms with E-state index in [1.807, 2.05) is 6.92 Å². The lowest BCUT2D eigenvalue weighted by Gasteiger charge is -2.17. The monoisotopic (exact) mass is 230 g/mol. The van der Waals surface area contributed by atoms with Gasteiger partial charge in [-0.25, -0.2) is 4.79 Å². The molecule has 94 valence electrons. The Balaban J connectivity index is 3.57. The zero-order valence-electron chi connectivity index (χ0n) is 10.3. The molecule has 5 nitrogen and oxygen atoms in total. The molecular weight excluding hydrogens is 208 g/mol. The SMILES string of the molecule is COC(=O)NC(C)C[C@H](C)CCCNC=O. The molecule has 16 heavy (non-hydrogen) atoms. The summed E-state index contributed by atoms with van der Waals surface area (Å²) in [6.07, 6.45) is 3.24. The van der Waals surface area contributed by atoms with Crippen LogP contribution in [-0.2, 0) is 9.53 Å². The molecule has 0 fully saturated rings. The second kappa shape index (κ2) is 9.00. The summed E-state index contributed by atoms with van der Waals surface area (Å²) in [7, 11) is 1.36. The molecule has 1 unspecified atom stereocenters. The fourth-order valence-electron chi connectivity index (χ4n) is 1.65. The number of carbonyl (C=O) groups is 2. The number of hydrogen-bond donors (Lipinski definition) is 2. The molecule has 0 rings (SSSR count). The first-order valence-corrected chi connectivity index (χ1v) is 5.61. The van der Waals surface area contributed by atoms with E-state index in [1.165, 1.54) is 7.11 Å². The number of hydrogen-bond acceptors (Lipinski definition) is 3. The van der Waals surface area contributed by atoms with Crippen molar-refractivity contribution in [2.45, 2.75) is 39.2 Å². The molecule has 2 amide bonds. The average Bonchev–Trinajstić information content (AvgIpc) is 2.24. The van der Waals surface area contributed by atoms with E-state index in [4.69, 9.17) is 0 Å². The minimum absolute atomic E-state index is 0.112. The van der Waals surface area contributed by atoms with E-state index in [0.717, 1.165) is 19.3 Å². The molecule has 0 aromatic rings. The van der Waals surface area contributed by atoms with Gasteiger partial charge in [0.1, 0.15) is 0 Å². The molecule has 0 bridgehead atoms. The first-order chi connectivity index (χ1) is 7.60. The number of carbonyl (C=O) groups excluding carboxylic acids is 2. The zero-order chi connectivity index (χ0) is 12.4. The third-order valence-corrected chi connectivity index (χ3v) is 2.41. The van der Waals surface area contributed by atoms with Crippen molar-refractivity contribution in [3.63, 3.8) is 0 Å². The number of nitrogens with one attached hydrogen (secondary N) is 2. The number of rotatable bonds is 8. The molecular formula is C11H22N2O3. The van der Waals surface area contributed by atoms with E-state index < -0.39 is 0 Å². The van der Waals surface area contributed by atoms with Crippen molar-refractivity contribution < 1.29 is 14.3 Å². The second-order valence-electron chi connectivity index (χ2n) is 4.09. The largest absolute Gasteiger partial charge is 0.453 e. The topological polar surface area (TPSA) is 67.4 Å². The number of methoxy groups -OCH3 is 1. The summed E-state index contributed by atoms with van der Waals surface area (Å²) >= 11 is 0. The van der Waals surface area contributed by atoms with Crippen LogP contribution in [0, 0.1) is 5.92 Å². The van der Waals surface area contributed by atoms with Crippen molar-refractivity contribution in [3.05, 3.63) is 0 Å². The van der Waals surface area contributed by atoms with Crippen LogP contribution in [0.1, 0.15) is 33.1 Å². The smallest absolute Gasteiger partial charge is 0.407 e. The maximum absolute atomic E-state index is 10.9. The van der Waals surface area contributed by atoms with Gasteiger partial charge in [-0.1, -0.05) is 6.92 Å². The van der Waals surface area contributed by atoms with Crippen LogP contribution in [0.15, 0.2) is 0 Å². The van der Waals surface area contributed by atoms with Crippen LogP contribution < -0.4 is 10.6 Å². The maximum Gasteiger partial charge on any atom is 0.407 e. The third kappa shape index (κ3) is 8.08. The summed E-state index contributed by atoms with van der Waals surface area (Å²) in [5, 5.41) is 5.36. The zero-order valence-corrected chi connectivity index (χ0v) is 10.3. The lowest BCUT2D eigenvalue weighted by atomic mass is 9.98. The van der Waals surface area contributed by atoms with Crippen molar-refractivity contribution in [2.75, 3.05) is 13.7 Å². The Bertz CT molecular complexity index is 209. The first kappa shape index (κ1) is 14.7. The summed E-state index contributed by atoms with van der Waals surface area (Å²) < 4.78 is 4.52. The third-order valence-electron chi connectivity index (χ3n) is 2.41. The van der Waals surface area contributed by atoms with Crippen molar-refractivity contribution in [2.24, 2.45) is 5.92 Å². The van der Waals surface area contributed by atoms with E-state index >= 15 is 0 Å². The van der Waals surface area contributed by atoms with Gasteiger partial charge in [-0.3, -0.25) is 4.79 Å². The Morgan fingerprint density at radius 2 is 2.12 bits per heavy atom. The Hall–Kier alpha value is -1.26. The van der Waals surface area contributed by atoms with Crippen LogP contribution in [0.2, 0.25) is 0 Å². The molecule has 5 heteroatoms.